The summed E-state index contributed by atoms with van der Waals surface area (Å²) in [5.74, 6) is 0.815. The Kier molecular flexibility index (Phi) is 6.54. The van der Waals surface area contributed by atoms with Crippen molar-refractivity contribution in [3.63, 3.8) is 0 Å². The highest BCUT2D eigenvalue weighted by Crippen LogP contribution is 2.21. The molecule has 1 heterocycles. The van der Waals surface area contributed by atoms with Crippen LogP contribution in [0.4, 0.5) is 4.79 Å². The Balaban J connectivity index is 2.36. The normalized spacial score (nSPS) is 20.1. The number of hydrogen-bond donors (Lipinski definition) is 1. The third-order valence-corrected chi connectivity index (χ3v) is 3.17. The van der Waals surface area contributed by atoms with Gasteiger partial charge in [-0.15, -0.1) is 0 Å². The van der Waals surface area contributed by atoms with Gasteiger partial charge in [0, 0.05) is 19.5 Å². The average Bonchev–Trinajstić information content (AvgIpc) is 2.55. The minimum Gasteiger partial charge on any atom is -0.481 e. The molecule has 1 unspecified atom stereocenters. The lowest BCUT2D eigenvalue weighted by Gasteiger charge is -2.19. The summed E-state index contributed by atoms with van der Waals surface area (Å²) in [5, 5.41) is 7.67. The molecule has 0 aromatic heterocycles. The number of amides is 1. The first kappa shape index (κ1) is 14.8. The third-order valence-electron chi connectivity index (χ3n) is 3.17. The molecule has 1 aliphatic rings. The summed E-state index contributed by atoms with van der Waals surface area (Å²) in [6.45, 7) is 6.18. The van der Waals surface area contributed by atoms with Gasteiger partial charge in [-0.25, -0.2) is 4.79 Å². The Morgan fingerprint density at radius 2 is 1.94 bits per heavy atom. The zero-order valence-corrected chi connectivity index (χ0v) is 11.4. The van der Waals surface area contributed by atoms with Crippen molar-refractivity contribution in [1.29, 1.82) is 5.41 Å². The van der Waals surface area contributed by atoms with E-state index in [1.165, 1.54) is 0 Å². The second-order valence-electron chi connectivity index (χ2n) is 4.54. The Morgan fingerprint density at radius 3 is 2.61 bits per heavy atom. The summed E-state index contributed by atoms with van der Waals surface area (Å²) in [7, 11) is 0. The number of nitrogens with one attached hydrogen (secondary N) is 1. The van der Waals surface area contributed by atoms with Gasteiger partial charge in [0.25, 0.3) is 0 Å². The minimum absolute atomic E-state index is 0.210. The van der Waals surface area contributed by atoms with Crippen molar-refractivity contribution >= 4 is 12.0 Å². The second kappa shape index (κ2) is 7.95. The topological polar surface area (TPSA) is 62.6 Å². The fourth-order valence-electron chi connectivity index (χ4n) is 2.26. The fraction of sp³-hybridized carbons (Fsp3) is 0.846. The molecule has 1 amide bonds. The van der Waals surface area contributed by atoms with Gasteiger partial charge in [0.05, 0.1) is 13.2 Å². The molecule has 1 aliphatic heterocycles. The van der Waals surface area contributed by atoms with Crippen LogP contribution in [0, 0.1) is 11.3 Å². The molecule has 0 aromatic carbocycles. The quantitative estimate of drug-likeness (QED) is 0.621. The van der Waals surface area contributed by atoms with Crippen molar-refractivity contribution in [2.24, 2.45) is 5.92 Å². The highest BCUT2D eigenvalue weighted by atomic mass is 16.6. The van der Waals surface area contributed by atoms with Crippen LogP contribution in [-0.2, 0) is 9.47 Å². The Bertz CT molecular complexity index is 281. The molecule has 1 saturated heterocycles. The van der Waals surface area contributed by atoms with Crippen molar-refractivity contribution in [2.75, 3.05) is 26.3 Å². The molecule has 5 nitrogen and oxygen atoms in total. The summed E-state index contributed by atoms with van der Waals surface area (Å²) in [5.41, 5.74) is 0. The SMILES string of the molecule is CCOC(=N)CC1CCCN(C(=O)OCC)CC1. The molecule has 0 aromatic rings. The van der Waals surface area contributed by atoms with Gasteiger partial charge in [-0.2, -0.15) is 0 Å². The predicted octanol–water partition coefficient (Wildman–Crippen LogP) is 2.65. The summed E-state index contributed by atoms with van der Waals surface area (Å²) in [6, 6.07) is 0. The van der Waals surface area contributed by atoms with Crippen LogP contribution in [0.3, 0.4) is 0 Å². The minimum atomic E-state index is -0.210. The molecular weight excluding hydrogens is 232 g/mol. The van der Waals surface area contributed by atoms with Crippen molar-refractivity contribution < 1.29 is 14.3 Å². The molecule has 104 valence electrons. The van der Waals surface area contributed by atoms with Crippen LogP contribution >= 0.6 is 0 Å². The Morgan fingerprint density at radius 1 is 1.22 bits per heavy atom. The summed E-state index contributed by atoms with van der Waals surface area (Å²) in [4.78, 5) is 13.4. The number of carbonyl (C=O) groups is 1. The Hall–Kier alpha value is -1.26. The van der Waals surface area contributed by atoms with E-state index >= 15 is 0 Å². The first-order valence-corrected chi connectivity index (χ1v) is 6.79. The fourth-order valence-corrected chi connectivity index (χ4v) is 2.26. The largest absolute Gasteiger partial charge is 0.481 e. The van der Waals surface area contributed by atoms with Crippen molar-refractivity contribution in [1.82, 2.24) is 4.90 Å². The van der Waals surface area contributed by atoms with Crippen LogP contribution in [0.5, 0.6) is 0 Å². The van der Waals surface area contributed by atoms with Gasteiger partial charge in [-0.3, -0.25) is 5.41 Å². The molecular formula is C13H24N2O3. The summed E-state index contributed by atoms with van der Waals surface area (Å²) >= 11 is 0. The maximum Gasteiger partial charge on any atom is 0.409 e. The number of ether oxygens (including phenoxy) is 2. The molecule has 1 atom stereocenters. The molecule has 0 spiro atoms. The molecule has 18 heavy (non-hydrogen) atoms. The molecule has 5 heteroatoms. The number of hydrogen-bond acceptors (Lipinski definition) is 4. The zero-order valence-electron chi connectivity index (χ0n) is 11.4. The van der Waals surface area contributed by atoms with E-state index in [9.17, 15) is 4.79 Å². The van der Waals surface area contributed by atoms with E-state index in [4.69, 9.17) is 14.9 Å². The lowest BCUT2D eigenvalue weighted by molar-refractivity contribution is 0.108. The van der Waals surface area contributed by atoms with Crippen LogP contribution < -0.4 is 0 Å². The van der Waals surface area contributed by atoms with E-state index < -0.39 is 0 Å². The maximum atomic E-state index is 11.6. The molecule has 0 aliphatic carbocycles. The molecule has 1 fully saturated rings. The lowest BCUT2D eigenvalue weighted by Crippen LogP contribution is -2.32. The standard InChI is InChI=1S/C13H24N2O3/c1-3-17-12(14)10-11-6-5-8-15(9-7-11)13(16)18-4-2/h11,14H,3-10H2,1-2H3. The van der Waals surface area contributed by atoms with Gasteiger partial charge in [0.15, 0.2) is 5.90 Å². The molecule has 0 radical (unpaired) electrons. The van der Waals surface area contributed by atoms with Crippen molar-refractivity contribution in [3.8, 4) is 0 Å². The van der Waals surface area contributed by atoms with E-state index in [0.29, 0.717) is 31.5 Å². The number of likely N-dealkylation sites (tertiary alicyclic amines) is 1. The van der Waals surface area contributed by atoms with Gasteiger partial charge >= 0.3 is 6.09 Å². The molecule has 1 N–H and O–H groups in total. The highest BCUT2D eigenvalue weighted by molar-refractivity contribution is 5.72. The highest BCUT2D eigenvalue weighted by Gasteiger charge is 2.22. The average molecular weight is 256 g/mol. The number of rotatable bonds is 4. The van der Waals surface area contributed by atoms with Crippen LogP contribution in [0.15, 0.2) is 0 Å². The van der Waals surface area contributed by atoms with Gasteiger partial charge in [0.2, 0.25) is 0 Å². The molecule has 0 saturated carbocycles. The first-order valence-electron chi connectivity index (χ1n) is 6.79. The maximum absolute atomic E-state index is 11.6. The van der Waals surface area contributed by atoms with Gasteiger partial charge in [-0.05, 0) is 39.0 Å². The third kappa shape index (κ3) is 4.94. The van der Waals surface area contributed by atoms with Crippen LogP contribution in [0.25, 0.3) is 0 Å². The van der Waals surface area contributed by atoms with Crippen molar-refractivity contribution in [2.45, 2.75) is 39.5 Å². The second-order valence-corrected chi connectivity index (χ2v) is 4.54. The monoisotopic (exact) mass is 256 g/mol. The van der Waals surface area contributed by atoms with Gasteiger partial charge < -0.3 is 14.4 Å². The van der Waals surface area contributed by atoms with E-state index in [1.54, 1.807) is 4.90 Å². The predicted molar refractivity (Wildman–Crippen MR) is 69.9 cm³/mol. The summed E-state index contributed by atoms with van der Waals surface area (Å²) < 4.78 is 10.2. The van der Waals surface area contributed by atoms with E-state index in [1.807, 2.05) is 13.8 Å². The van der Waals surface area contributed by atoms with Crippen molar-refractivity contribution in [3.05, 3.63) is 0 Å². The smallest absolute Gasteiger partial charge is 0.409 e. The summed E-state index contributed by atoms with van der Waals surface area (Å²) in [6.07, 6.45) is 3.42. The van der Waals surface area contributed by atoms with Gasteiger partial charge in [-0.1, -0.05) is 0 Å². The molecule has 0 bridgehead atoms. The number of carbonyl (C=O) groups excluding carboxylic acids is 1. The first-order chi connectivity index (χ1) is 8.67. The number of nitrogens with zero attached hydrogens (tertiary/aromatic N) is 1. The van der Waals surface area contributed by atoms with Crippen LogP contribution in [-0.4, -0.2) is 43.2 Å². The Labute approximate surface area is 109 Å². The van der Waals surface area contributed by atoms with E-state index in [0.717, 1.165) is 32.4 Å². The van der Waals surface area contributed by atoms with Crippen LogP contribution in [0.1, 0.15) is 39.5 Å². The zero-order chi connectivity index (χ0) is 13.4. The molecule has 1 rings (SSSR count). The lowest BCUT2D eigenvalue weighted by atomic mass is 9.97. The van der Waals surface area contributed by atoms with Crippen LogP contribution in [0.2, 0.25) is 0 Å². The van der Waals surface area contributed by atoms with Gasteiger partial charge in [0.1, 0.15) is 0 Å². The van der Waals surface area contributed by atoms with E-state index in [-0.39, 0.29) is 6.09 Å². The van der Waals surface area contributed by atoms with E-state index in [2.05, 4.69) is 0 Å².